The first-order valence-electron chi connectivity index (χ1n) is 3.39. The Morgan fingerprint density at radius 1 is 1.22 bits per heavy atom. The molecular formula is C8H12S. The van der Waals surface area contributed by atoms with Crippen LogP contribution < -0.4 is 0 Å². The number of thiol groups is 1. The van der Waals surface area contributed by atoms with E-state index in [2.05, 4.69) is 36.9 Å². The first-order valence-corrected chi connectivity index (χ1v) is 4.02. The van der Waals surface area contributed by atoms with Gasteiger partial charge in [-0.2, -0.15) is 12.6 Å². The summed E-state index contributed by atoms with van der Waals surface area (Å²) in [6.45, 7) is 0. The lowest BCUT2D eigenvalue weighted by molar-refractivity contribution is 0.704. The summed E-state index contributed by atoms with van der Waals surface area (Å²) in [7, 11) is 0. The third kappa shape index (κ3) is 2.27. The van der Waals surface area contributed by atoms with Crippen molar-refractivity contribution in [1.82, 2.24) is 0 Å². The van der Waals surface area contributed by atoms with Crippen LogP contribution in [0.25, 0.3) is 0 Å². The van der Waals surface area contributed by atoms with Crippen LogP contribution in [-0.2, 0) is 0 Å². The molecule has 1 heteroatoms. The van der Waals surface area contributed by atoms with Gasteiger partial charge in [-0.1, -0.05) is 24.3 Å². The lowest BCUT2D eigenvalue weighted by Gasteiger charge is -2.00. The first-order chi connectivity index (χ1) is 4.43. The molecule has 0 aromatic rings. The van der Waals surface area contributed by atoms with Gasteiger partial charge in [0.25, 0.3) is 0 Å². The molecule has 0 bridgehead atoms. The van der Waals surface area contributed by atoms with Gasteiger partial charge in [-0.25, -0.2) is 0 Å². The SMILES string of the molecule is SCCCC1C=CC=C1. The lowest BCUT2D eigenvalue weighted by atomic mass is 10.1. The van der Waals surface area contributed by atoms with E-state index in [0.717, 1.165) is 5.75 Å². The minimum Gasteiger partial charge on any atom is -0.179 e. The van der Waals surface area contributed by atoms with E-state index in [0.29, 0.717) is 5.92 Å². The Morgan fingerprint density at radius 3 is 2.44 bits per heavy atom. The van der Waals surface area contributed by atoms with E-state index in [4.69, 9.17) is 0 Å². The summed E-state index contributed by atoms with van der Waals surface area (Å²) >= 11 is 4.15. The van der Waals surface area contributed by atoms with Crippen LogP contribution >= 0.6 is 12.6 Å². The summed E-state index contributed by atoms with van der Waals surface area (Å²) in [6, 6.07) is 0. The van der Waals surface area contributed by atoms with Gasteiger partial charge in [0.15, 0.2) is 0 Å². The zero-order chi connectivity index (χ0) is 6.53. The number of allylic oxidation sites excluding steroid dienone is 4. The zero-order valence-corrected chi connectivity index (χ0v) is 6.35. The molecule has 50 valence electrons. The average Bonchev–Trinajstić information content (AvgIpc) is 2.34. The average molecular weight is 140 g/mol. The highest BCUT2D eigenvalue weighted by atomic mass is 32.1. The van der Waals surface area contributed by atoms with E-state index in [-0.39, 0.29) is 0 Å². The highest BCUT2D eigenvalue weighted by Gasteiger charge is 2.00. The van der Waals surface area contributed by atoms with Gasteiger partial charge in [0.2, 0.25) is 0 Å². The van der Waals surface area contributed by atoms with Gasteiger partial charge < -0.3 is 0 Å². The van der Waals surface area contributed by atoms with E-state index in [9.17, 15) is 0 Å². The Labute approximate surface area is 62.1 Å². The fraction of sp³-hybridized carbons (Fsp3) is 0.500. The van der Waals surface area contributed by atoms with Gasteiger partial charge in [0.1, 0.15) is 0 Å². The third-order valence-electron chi connectivity index (χ3n) is 1.52. The second kappa shape index (κ2) is 3.78. The molecule has 0 saturated carbocycles. The molecule has 0 radical (unpaired) electrons. The van der Waals surface area contributed by atoms with E-state index in [1.165, 1.54) is 12.8 Å². The van der Waals surface area contributed by atoms with E-state index in [1.807, 2.05) is 0 Å². The van der Waals surface area contributed by atoms with Crippen LogP contribution in [0.5, 0.6) is 0 Å². The molecule has 0 unspecified atom stereocenters. The summed E-state index contributed by atoms with van der Waals surface area (Å²) in [5, 5.41) is 0. The van der Waals surface area contributed by atoms with Crippen molar-refractivity contribution in [2.45, 2.75) is 12.8 Å². The molecule has 0 aliphatic heterocycles. The molecule has 0 aromatic carbocycles. The number of rotatable bonds is 3. The van der Waals surface area contributed by atoms with Crippen molar-refractivity contribution in [2.75, 3.05) is 5.75 Å². The maximum atomic E-state index is 4.15. The highest BCUT2D eigenvalue weighted by molar-refractivity contribution is 7.80. The van der Waals surface area contributed by atoms with Gasteiger partial charge >= 0.3 is 0 Å². The Morgan fingerprint density at radius 2 is 1.89 bits per heavy atom. The maximum Gasteiger partial charge on any atom is -0.00470 e. The van der Waals surface area contributed by atoms with Crippen molar-refractivity contribution < 1.29 is 0 Å². The predicted octanol–water partition coefficient (Wildman–Crippen LogP) is 2.44. The van der Waals surface area contributed by atoms with Crippen LogP contribution in [0.1, 0.15) is 12.8 Å². The van der Waals surface area contributed by atoms with Crippen LogP contribution in [0.4, 0.5) is 0 Å². The summed E-state index contributed by atoms with van der Waals surface area (Å²) in [4.78, 5) is 0. The first kappa shape index (κ1) is 6.94. The van der Waals surface area contributed by atoms with Crippen molar-refractivity contribution in [3.8, 4) is 0 Å². The Hall–Kier alpha value is -0.170. The standard InChI is InChI=1S/C8H12S/c9-7-3-6-8-4-1-2-5-8/h1-2,4-5,8-9H,3,6-7H2. The Kier molecular flexibility index (Phi) is 2.92. The van der Waals surface area contributed by atoms with Gasteiger partial charge in [-0.3, -0.25) is 0 Å². The summed E-state index contributed by atoms with van der Waals surface area (Å²) < 4.78 is 0. The second-order valence-electron chi connectivity index (χ2n) is 2.30. The second-order valence-corrected chi connectivity index (χ2v) is 2.75. The van der Waals surface area contributed by atoms with Crippen LogP contribution in [0, 0.1) is 5.92 Å². The third-order valence-corrected chi connectivity index (χ3v) is 1.84. The molecular weight excluding hydrogens is 128 g/mol. The minimum atomic E-state index is 0.706. The molecule has 1 aliphatic carbocycles. The molecule has 0 spiro atoms. The minimum absolute atomic E-state index is 0.706. The van der Waals surface area contributed by atoms with Crippen LogP contribution in [0.15, 0.2) is 24.3 Å². The van der Waals surface area contributed by atoms with Crippen molar-refractivity contribution >= 4 is 12.6 Å². The number of hydrogen-bond acceptors (Lipinski definition) is 1. The van der Waals surface area contributed by atoms with Gasteiger partial charge in [0, 0.05) is 0 Å². The lowest BCUT2D eigenvalue weighted by Crippen LogP contribution is -1.88. The van der Waals surface area contributed by atoms with E-state index in [1.54, 1.807) is 0 Å². The Balaban J connectivity index is 2.13. The van der Waals surface area contributed by atoms with Crippen LogP contribution in [0.2, 0.25) is 0 Å². The van der Waals surface area contributed by atoms with Crippen molar-refractivity contribution in [3.05, 3.63) is 24.3 Å². The molecule has 0 heterocycles. The van der Waals surface area contributed by atoms with E-state index >= 15 is 0 Å². The molecule has 0 N–H and O–H groups in total. The molecule has 0 fully saturated rings. The predicted molar refractivity (Wildman–Crippen MR) is 44.9 cm³/mol. The molecule has 0 nitrogen and oxygen atoms in total. The molecule has 9 heavy (non-hydrogen) atoms. The highest BCUT2D eigenvalue weighted by Crippen LogP contribution is 2.14. The van der Waals surface area contributed by atoms with Crippen molar-refractivity contribution in [2.24, 2.45) is 5.92 Å². The van der Waals surface area contributed by atoms with Gasteiger partial charge in [-0.15, -0.1) is 0 Å². The summed E-state index contributed by atoms with van der Waals surface area (Å²) in [5.74, 6) is 1.72. The molecule has 0 atom stereocenters. The topological polar surface area (TPSA) is 0 Å². The van der Waals surface area contributed by atoms with Crippen LogP contribution in [-0.4, -0.2) is 5.75 Å². The normalized spacial score (nSPS) is 17.4. The molecule has 0 amide bonds. The smallest absolute Gasteiger partial charge is 0.00470 e. The quantitative estimate of drug-likeness (QED) is 0.572. The van der Waals surface area contributed by atoms with Crippen molar-refractivity contribution in [1.29, 1.82) is 0 Å². The fourth-order valence-corrected chi connectivity index (χ4v) is 1.18. The molecule has 0 saturated heterocycles. The molecule has 1 rings (SSSR count). The van der Waals surface area contributed by atoms with Gasteiger partial charge in [0.05, 0.1) is 0 Å². The van der Waals surface area contributed by atoms with Gasteiger partial charge in [-0.05, 0) is 24.5 Å². The van der Waals surface area contributed by atoms with Crippen LogP contribution in [0.3, 0.4) is 0 Å². The monoisotopic (exact) mass is 140 g/mol. The molecule has 0 aromatic heterocycles. The van der Waals surface area contributed by atoms with E-state index < -0.39 is 0 Å². The zero-order valence-electron chi connectivity index (χ0n) is 5.46. The summed E-state index contributed by atoms with van der Waals surface area (Å²) in [6.07, 6.45) is 11.2. The fourth-order valence-electron chi connectivity index (χ4n) is 0.997. The maximum absolute atomic E-state index is 4.15. The Bertz CT molecular complexity index is 113. The summed E-state index contributed by atoms with van der Waals surface area (Å²) in [5.41, 5.74) is 0. The molecule has 1 aliphatic rings. The van der Waals surface area contributed by atoms with Crippen molar-refractivity contribution in [3.63, 3.8) is 0 Å². The largest absolute Gasteiger partial charge is 0.179 e. The number of hydrogen-bond donors (Lipinski definition) is 1.